The van der Waals surface area contributed by atoms with Crippen molar-refractivity contribution in [1.29, 1.82) is 0 Å². The van der Waals surface area contributed by atoms with Gasteiger partial charge in [-0.15, -0.1) is 0 Å². The summed E-state index contributed by atoms with van der Waals surface area (Å²) in [6.07, 6.45) is 3.62. The number of anilines is 1. The van der Waals surface area contributed by atoms with Crippen molar-refractivity contribution >= 4 is 5.82 Å². The Balaban J connectivity index is 2.63. The third kappa shape index (κ3) is 1.98. The van der Waals surface area contributed by atoms with Gasteiger partial charge in [-0.3, -0.25) is 4.98 Å². The second kappa shape index (κ2) is 4.80. The minimum atomic E-state index is 0.359. The second-order valence-corrected chi connectivity index (χ2v) is 4.79. The lowest BCUT2D eigenvalue weighted by molar-refractivity contribution is 0.658. The molecule has 0 atom stereocenters. The van der Waals surface area contributed by atoms with E-state index in [2.05, 4.69) is 37.2 Å². The molecule has 4 heteroatoms. The Kier molecular flexibility index (Phi) is 3.36. The van der Waals surface area contributed by atoms with E-state index in [1.807, 2.05) is 12.3 Å². The first-order valence-corrected chi connectivity index (χ1v) is 6.33. The monoisotopic (exact) mass is 244 g/mol. The maximum atomic E-state index is 6.23. The van der Waals surface area contributed by atoms with Crippen LogP contribution < -0.4 is 5.73 Å². The third-order valence-corrected chi connectivity index (χ3v) is 3.16. The number of aromatic nitrogens is 3. The molecule has 0 fully saturated rings. The Labute approximate surface area is 108 Å². The highest BCUT2D eigenvalue weighted by Gasteiger charge is 2.18. The zero-order chi connectivity index (χ0) is 13.3. The van der Waals surface area contributed by atoms with Gasteiger partial charge in [0.1, 0.15) is 17.3 Å². The minimum Gasteiger partial charge on any atom is -0.383 e. The van der Waals surface area contributed by atoms with Gasteiger partial charge in [-0.1, -0.05) is 13.8 Å². The highest BCUT2D eigenvalue weighted by Crippen LogP contribution is 2.30. The molecule has 0 aliphatic heterocycles. The van der Waals surface area contributed by atoms with Crippen molar-refractivity contribution in [2.75, 3.05) is 5.73 Å². The van der Waals surface area contributed by atoms with Gasteiger partial charge in [-0.05, 0) is 25.5 Å². The quantitative estimate of drug-likeness (QED) is 0.903. The van der Waals surface area contributed by atoms with Crippen LogP contribution in [-0.2, 0) is 6.54 Å². The Bertz CT molecular complexity index is 555. The van der Waals surface area contributed by atoms with E-state index < -0.39 is 0 Å². The summed E-state index contributed by atoms with van der Waals surface area (Å²) in [7, 11) is 0. The molecule has 0 saturated heterocycles. The fourth-order valence-corrected chi connectivity index (χ4v) is 2.17. The lowest BCUT2D eigenvalue weighted by Gasteiger charge is -2.08. The zero-order valence-electron chi connectivity index (χ0n) is 11.4. The molecule has 2 heterocycles. The second-order valence-electron chi connectivity index (χ2n) is 4.79. The van der Waals surface area contributed by atoms with Crippen LogP contribution in [0, 0.1) is 6.92 Å². The number of aryl methyl sites for hydroxylation is 1. The van der Waals surface area contributed by atoms with Crippen LogP contribution >= 0.6 is 0 Å². The first-order valence-electron chi connectivity index (χ1n) is 6.33. The lowest BCUT2D eigenvalue weighted by atomic mass is 10.1. The molecule has 0 amide bonds. The Hall–Kier alpha value is -1.84. The highest BCUT2D eigenvalue weighted by molar-refractivity contribution is 5.73. The summed E-state index contributed by atoms with van der Waals surface area (Å²) in [5.74, 6) is 2.13. The summed E-state index contributed by atoms with van der Waals surface area (Å²) < 4.78 is 2.08. The van der Waals surface area contributed by atoms with Crippen molar-refractivity contribution in [2.24, 2.45) is 0 Å². The SMILES string of the molecule is CCn1c(C(C)C)nc(-c2cnccc2C)c1N. The smallest absolute Gasteiger partial charge is 0.131 e. The molecular formula is C14H20N4. The van der Waals surface area contributed by atoms with Crippen LogP contribution in [-0.4, -0.2) is 14.5 Å². The molecule has 0 saturated carbocycles. The van der Waals surface area contributed by atoms with Crippen LogP contribution in [0.1, 0.15) is 38.1 Å². The Morgan fingerprint density at radius 1 is 1.39 bits per heavy atom. The zero-order valence-corrected chi connectivity index (χ0v) is 11.4. The normalized spacial score (nSPS) is 11.2. The number of nitrogens with zero attached hydrogens (tertiary/aromatic N) is 3. The fraction of sp³-hybridized carbons (Fsp3) is 0.429. The largest absolute Gasteiger partial charge is 0.383 e. The van der Waals surface area contributed by atoms with Gasteiger partial charge in [0.15, 0.2) is 0 Å². The number of pyridine rings is 1. The predicted octanol–water partition coefficient (Wildman–Crippen LogP) is 2.98. The first-order chi connectivity index (χ1) is 8.56. The van der Waals surface area contributed by atoms with Gasteiger partial charge in [0.2, 0.25) is 0 Å². The third-order valence-electron chi connectivity index (χ3n) is 3.16. The number of imidazole rings is 1. The molecule has 0 aliphatic carbocycles. The van der Waals surface area contributed by atoms with E-state index in [1.54, 1.807) is 6.20 Å². The molecule has 2 aromatic heterocycles. The molecule has 96 valence electrons. The van der Waals surface area contributed by atoms with E-state index in [9.17, 15) is 0 Å². The average Bonchev–Trinajstić information content (AvgIpc) is 2.67. The van der Waals surface area contributed by atoms with E-state index in [1.165, 1.54) is 0 Å². The van der Waals surface area contributed by atoms with E-state index >= 15 is 0 Å². The van der Waals surface area contributed by atoms with Crippen molar-refractivity contribution in [3.05, 3.63) is 29.8 Å². The Morgan fingerprint density at radius 2 is 2.11 bits per heavy atom. The van der Waals surface area contributed by atoms with Crippen molar-refractivity contribution in [2.45, 2.75) is 40.2 Å². The number of hydrogen-bond donors (Lipinski definition) is 1. The average molecular weight is 244 g/mol. The van der Waals surface area contributed by atoms with Crippen LogP contribution in [0.3, 0.4) is 0 Å². The fourth-order valence-electron chi connectivity index (χ4n) is 2.17. The van der Waals surface area contributed by atoms with Crippen LogP contribution in [0.2, 0.25) is 0 Å². The maximum absolute atomic E-state index is 6.23. The van der Waals surface area contributed by atoms with Crippen LogP contribution in [0.25, 0.3) is 11.3 Å². The van der Waals surface area contributed by atoms with E-state index in [4.69, 9.17) is 10.7 Å². The number of rotatable bonds is 3. The first kappa shape index (κ1) is 12.6. The van der Waals surface area contributed by atoms with Crippen LogP contribution in [0.5, 0.6) is 0 Å². The molecule has 0 aromatic carbocycles. The molecule has 2 aromatic rings. The molecule has 0 radical (unpaired) electrons. The molecule has 0 aliphatic rings. The highest BCUT2D eigenvalue weighted by atomic mass is 15.1. The number of nitrogen functional groups attached to an aromatic ring is 1. The van der Waals surface area contributed by atoms with Crippen molar-refractivity contribution in [3.63, 3.8) is 0 Å². The van der Waals surface area contributed by atoms with Gasteiger partial charge >= 0.3 is 0 Å². The van der Waals surface area contributed by atoms with Gasteiger partial charge in [0.05, 0.1) is 0 Å². The summed E-state index contributed by atoms with van der Waals surface area (Å²) in [5.41, 5.74) is 9.24. The predicted molar refractivity (Wildman–Crippen MR) is 74.4 cm³/mol. The van der Waals surface area contributed by atoms with Crippen LogP contribution in [0.15, 0.2) is 18.5 Å². The topological polar surface area (TPSA) is 56.7 Å². The maximum Gasteiger partial charge on any atom is 0.131 e. The lowest BCUT2D eigenvalue weighted by Crippen LogP contribution is -2.06. The number of nitrogens with two attached hydrogens (primary N) is 1. The summed E-state index contributed by atoms with van der Waals surface area (Å²) in [6.45, 7) is 9.24. The van der Waals surface area contributed by atoms with E-state index in [0.717, 1.165) is 35.0 Å². The van der Waals surface area contributed by atoms with Gasteiger partial charge in [-0.25, -0.2) is 4.98 Å². The molecule has 0 unspecified atom stereocenters. The number of hydrogen-bond acceptors (Lipinski definition) is 3. The van der Waals surface area contributed by atoms with Crippen molar-refractivity contribution < 1.29 is 0 Å². The van der Waals surface area contributed by atoms with Crippen molar-refractivity contribution in [3.8, 4) is 11.3 Å². The van der Waals surface area contributed by atoms with Gasteiger partial charge < -0.3 is 10.3 Å². The molecule has 0 spiro atoms. The van der Waals surface area contributed by atoms with Gasteiger partial charge in [-0.2, -0.15) is 0 Å². The summed E-state index contributed by atoms with van der Waals surface area (Å²) in [6, 6.07) is 1.98. The standard InChI is InChI=1S/C14H20N4/c1-5-18-13(15)12(17-14(18)9(2)3)11-8-16-7-6-10(11)4/h6-9H,5,15H2,1-4H3. The molecule has 2 rings (SSSR count). The molecule has 0 bridgehead atoms. The van der Waals surface area contributed by atoms with Gasteiger partial charge in [0, 0.05) is 30.4 Å². The summed E-state index contributed by atoms with van der Waals surface area (Å²) >= 11 is 0. The summed E-state index contributed by atoms with van der Waals surface area (Å²) in [5, 5.41) is 0. The molecule has 2 N–H and O–H groups in total. The molecule has 4 nitrogen and oxygen atoms in total. The van der Waals surface area contributed by atoms with E-state index in [0.29, 0.717) is 5.92 Å². The van der Waals surface area contributed by atoms with Crippen molar-refractivity contribution in [1.82, 2.24) is 14.5 Å². The van der Waals surface area contributed by atoms with Crippen LogP contribution in [0.4, 0.5) is 5.82 Å². The van der Waals surface area contributed by atoms with E-state index in [-0.39, 0.29) is 0 Å². The minimum absolute atomic E-state index is 0.359. The molecule has 18 heavy (non-hydrogen) atoms. The summed E-state index contributed by atoms with van der Waals surface area (Å²) in [4.78, 5) is 8.88. The van der Waals surface area contributed by atoms with Gasteiger partial charge in [0.25, 0.3) is 0 Å². The Morgan fingerprint density at radius 3 is 2.61 bits per heavy atom. The molecular weight excluding hydrogens is 224 g/mol.